The van der Waals surface area contributed by atoms with Crippen molar-refractivity contribution in [1.29, 1.82) is 0 Å². The summed E-state index contributed by atoms with van der Waals surface area (Å²) in [6.07, 6.45) is 6.38. The standard InChI is InChI=1S/C30H32Cl2N4O5S.H2O/c1-40-25-16-18(31)15-22(32)27(25)28-26(29(37)34-41-17-19-9-7-8-14-33-19)20-10-3-4-11-21(20)30(38)36(28)24-13-6-5-12-23(24)35-42(2)39;/h3-4,7-11,14-16,23-24,26,28,35H,5-6,12-13,17H2,1-2H3,(H,34,37);1H2/t23-,24-,26+,28+,42?;/m0./s1. The molecule has 2 aliphatic rings. The van der Waals surface area contributed by atoms with Gasteiger partial charge < -0.3 is 15.1 Å². The highest BCUT2D eigenvalue weighted by atomic mass is 35.5. The van der Waals surface area contributed by atoms with Crippen LogP contribution in [0, 0.1) is 0 Å². The lowest BCUT2D eigenvalue weighted by molar-refractivity contribution is -0.138. The van der Waals surface area contributed by atoms with E-state index in [1.54, 1.807) is 65.9 Å². The first-order chi connectivity index (χ1) is 20.3. The number of pyridine rings is 1. The molecule has 1 saturated carbocycles. The van der Waals surface area contributed by atoms with Crippen LogP contribution in [0.5, 0.6) is 5.75 Å². The van der Waals surface area contributed by atoms with Crippen LogP contribution in [0.4, 0.5) is 0 Å². The second-order valence-electron chi connectivity index (χ2n) is 10.3. The van der Waals surface area contributed by atoms with Crippen molar-refractivity contribution in [3.63, 3.8) is 0 Å². The summed E-state index contributed by atoms with van der Waals surface area (Å²) in [5.41, 5.74) is 4.64. The van der Waals surface area contributed by atoms with E-state index >= 15 is 0 Å². The van der Waals surface area contributed by atoms with E-state index in [0.29, 0.717) is 39.6 Å². The van der Waals surface area contributed by atoms with E-state index in [1.165, 1.54) is 7.11 Å². The zero-order valence-corrected chi connectivity index (χ0v) is 26.0. The fourth-order valence-corrected chi connectivity index (χ4v) is 7.33. The van der Waals surface area contributed by atoms with Crippen LogP contribution in [0.15, 0.2) is 60.8 Å². The predicted molar refractivity (Wildman–Crippen MR) is 165 cm³/mol. The molecule has 2 heterocycles. The number of fused-ring (bicyclic) bond motifs is 1. The average Bonchev–Trinajstić information content (AvgIpc) is 2.97. The predicted octanol–water partition coefficient (Wildman–Crippen LogP) is 4.30. The number of aromatic nitrogens is 1. The van der Waals surface area contributed by atoms with E-state index < -0.39 is 28.9 Å². The molecule has 2 aromatic carbocycles. The number of nitrogens with zero attached hydrogens (tertiary/aromatic N) is 2. The Kier molecular flexibility index (Phi) is 11.2. The van der Waals surface area contributed by atoms with Gasteiger partial charge in [0.25, 0.3) is 11.8 Å². The Balaban J connectivity index is 0.00000423. The van der Waals surface area contributed by atoms with E-state index in [9.17, 15) is 13.8 Å². The smallest absolute Gasteiger partial charge is 0.255 e. The summed E-state index contributed by atoms with van der Waals surface area (Å²) in [5, 5.41) is 0.612. The molecule has 0 bridgehead atoms. The number of amides is 2. The maximum Gasteiger partial charge on any atom is 0.255 e. The Bertz CT molecular complexity index is 1480. The maximum atomic E-state index is 14.4. The van der Waals surface area contributed by atoms with Crippen molar-refractivity contribution in [3.05, 3.63) is 93.2 Å². The molecule has 5 atom stereocenters. The van der Waals surface area contributed by atoms with E-state index in [2.05, 4.69) is 15.2 Å². The maximum absolute atomic E-state index is 14.4. The van der Waals surface area contributed by atoms with Crippen LogP contribution >= 0.6 is 23.2 Å². The van der Waals surface area contributed by atoms with E-state index in [4.69, 9.17) is 32.8 Å². The minimum absolute atomic E-state index is 0. The summed E-state index contributed by atoms with van der Waals surface area (Å²) in [6, 6.07) is 14.1. The summed E-state index contributed by atoms with van der Waals surface area (Å²) in [7, 11) is 0.175. The third-order valence-corrected chi connectivity index (χ3v) is 8.92. The Hall–Kier alpha value is -3.06. The minimum atomic E-state index is -1.32. The second-order valence-corrected chi connectivity index (χ2v) is 12.3. The third kappa shape index (κ3) is 7.03. The lowest BCUT2D eigenvalue weighted by Crippen LogP contribution is -2.58. The van der Waals surface area contributed by atoms with Crippen molar-refractivity contribution in [2.24, 2.45) is 0 Å². The number of rotatable bonds is 9. The number of methoxy groups -OCH3 is 1. The molecule has 1 unspecified atom stereocenters. The average molecular weight is 650 g/mol. The van der Waals surface area contributed by atoms with Gasteiger partial charge >= 0.3 is 0 Å². The summed E-state index contributed by atoms with van der Waals surface area (Å²) in [4.78, 5) is 40.1. The first-order valence-corrected chi connectivity index (χ1v) is 16.0. The molecule has 4 N–H and O–H groups in total. The van der Waals surface area contributed by atoms with Gasteiger partial charge in [0.2, 0.25) is 0 Å². The van der Waals surface area contributed by atoms with Crippen LogP contribution in [0.1, 0.15) is 64.8 Å². The summed E-state index contributed by atoms with van der Waals surface area (Å²) < 4.78 is 21.2. The van der Waals surface area contributed by atoms with Crippen molar-refractivity contribution in [1.82, 2.24) is 20.1 Å². The number of nitrogens with one attached hydrogen (secondary N) is 2. The van der Waals surface area contributed by atoms with Crippen LogP contribution in [0.3, 0.4) is 0 Å². The summed E-state index contributed by atoms with van der Waals surface area (Å²) in [5.74, 6) is -1.29. The molecule has 1 aliphatic carbocycles. The number of hydrogen-bond acceptors (Lipinski definition) is 6. The minimum Gasteiger partial charge on any atom is -0.496 e. The van der Waals surface area contributed by atoms with Crippen LogP contribution in [-0.2, 0) is 27.2 Å². The number of halogens is 2. The topological polar surface area (TPSA) is 141 Å². The van der Waals surface area contributed by atoms with Crippen molar-refractivity contribution >= 4 is 46.0 Å². The molecule has 1 aromatic heterocycles. The molecule has 0 spiro atoms. The van der Waals surface area contributed by atoms with Crippen LogP contribution in [-0.4, -0.2) is 56.8 Å². The van der Waals surface area contributed by atoms with Gasteiger partial charge in [-0.05, 0) is 48.7 Å². The molecule has 1 aliphatic heterocycles. The molecule has 2 amide bonds. The highest BCUT2D eigenvalue weighted by Gasteiger charge is 2.50. The third-order valence-electron chi connectivity index (χ3n) is 7.75. The van der Waals surface area contributed by atoms with Gasteiger partial charge in [0.1, 0.15) is 12.4 Å². The number of carbonyl (C=O) groups excluding carboxylic acids is 2. The quantitative estimate of drug-likeness (QED) is 0.332. The van der Waals surface area contributed by atoms with E-state index in [0.717, 1.165) is 19.3 Å². The molecular formula is C30H34Cl2N4O6S. The zero-order valence-electron chi connectivity index (χ0n) is 23.7. The molecule has 230 valence electrons. The Labute approximate surface area is 262 Å². The second kappa shape index (κ2) is 14.6. The molecule has 0 saturated heterocycles. The van der Waals surface area contributed by atoms with Gasteiger partial charge in [-0.2, -0.15) is 0 Å². The first-order valence-electron chi connectivity index (χ1n) is 13.7. The van der Waals surface area contributed by atoms with Gasteiger partial charge in [-0.3, -0.25) is 19.4 Å². The van der Waals surface area contributed by atoms with Gasteiger partial charge in [0.05, 0.1) is 40.8 Å². The molecule has 1 fully saturated rings. The monoisotopic (exact) mass is 648 g/mol. The van der Waals surface area contributed by atoms with Crippen molar-refractivity contribution < 1.29 is 28.8 Å². The SMILES string of the molecule is COc1cc(Cl)cc(Cl)c1[C@H]1[C@H](C(=O)NOCc2ccccn2)c2ccccc2C(=O)N1[C@H]1CCCC[C@@H]1NS(C)=O.O. The van der Waals surface area contributed by atoms with Crippen LogP contribution in [0.2, 0.25) is 10.0 Å². The lowest BCUT2D eigenvalue weighted by atomic mass is 9.76. The van der Waals surface area contributed by atoms with Crippen molar-refractivity contribution in [2.75, 3.05) is 13.4 Å². The van der Waals surface area contributed by atoms with E-state index in [1.807, 2.05) is 6.07 Å². The first kappa shape index (κ1) is 32.8. The molecular weight excluding hydrogens is 615 g/mol. The fraction of sp³-hybridized carbons (Fsp3) is 0.367. The van der Waals surface area contributed by atoms with Gasteiger partial charge in [0.15, 0.2) is 0 Å². The molecule has 5 rings (SSSR count). The number of hydrogen-bond donors (Lipinski definition) is 2. The number of ether oxygens (including phenoxy) is 1. The Morgan fingerprint density at radius 1 is 1.12 bits per heavy atom. The normalized spacial score (nSPS) is 22.2. The zero-order chi connectivity index (χ0) is 29.8. The van der Waals surface area contributed by atoms with Crippen LogP contribution in [0.25, 0.3) is 0 Å². The number of benzene rings is 2. The van der Waals surface area contributed by atoms with Crippen LogP contribution < -0.4 is 14.9 Å². The molecule has 3 aromatic rings. The van der Waals surface area contributed by atoms with E-state index in [-0.39, 0.29) is 35.1 Å². The highest BCUT2D eigenvalue weighted by molar-refractivity contribution is 7.82. The summed E-state index contributed by atoms with van der Waals surface area (Å²) in [6.45, 7) is 0.0518. The van der Waals surface area contributed by atoms with Gasteiger partial charge in [-0.15, -0.1) is 0 Å². The van der Waals surface area contributed by atoms with Crippen molar-refractivity contribution in [2.45, 2.75) is 56.3 Å². The number of carbonyl (C=O) groups is 2. The molecule has 43 heavy (non-hydrogen) atoms. The summed E-state index contributed by atoms with van der Waals surface area (Å²) >= 11 is 13.2. The fourth-order valence-electron chi connectivity index (χ4n) is 6.05. The molecule has 10 nitrogen and oxygen atoms in total. The van der Waals surface area contributed by atoms with Gasteiger partial charge in [0, 0.05) is 40.7 Å². The highest BCUT2D eigenvalue weighted by Crippen LogP contribution is 2.50. The Morgan fingerprint density at radius 3 is 2.58 bits per heavy atom. The van der Waals surface area contributed by atoms with Crippen molar-refractivity contribution in [3.8, 4) is 5.75 Å². The Morgan fingerprint density at radius 2 is 1.86 bits per heavy atom. The largest absolute Gasteiger partial charge is 0.496 e. The van der Waals surface area contributed by atoms with Gasteiger partial charge in [-0.25, -0.2) is 14.4 Å². The molecule has 13 heteroatoms. The van der Waals surface area contributed by atoms with Gasteiger partial charge in [-0.1, -0.05) is 60.3 Å². The molecule has 0 radical (unpaired) electrons. The number of hydroxylamine groups is 1. The lowest BCUT2D eigenvalue weighted by Gasteiger charge is -2.49.